The molecule has 1 aliphatic rings. The molecule has 2 aromatic rings. The Balaban J connectivity index is 1.99. The maximum absolute atomic E-state index is 12.9. The Morgan fingerprint density at radius 1 is 1.21 bits per heavy atom. The van der Waals surface area contributed by atoms with Crippen molar-refractivity contribution in [1.29, 1.82) is 0 Å². The molecule has 0 unspecified atom stereocenters. The third kappa shape index (κ3) is 3.44. The summed E-state index contributed by atoms with van der Waals surface area (Å²) in [5, 5.41) is 3.05. The Morgan fingerprint density at radius 3 is 2.42 bits per heavy atom. The predicted octanol–water partition coefficient (Wildman–Crippen LogP) is 3.83. The second-order valence-electron chi connectivity index (χ2n) is 6.12. The molecule has 0 saturated carbocycles. The van der Waals surface area contributed by atoms with Gasteiger partial charge in [0, 0.05) is 11.1 Å². The molecule has 3 rings (SSSR count). The highest BCUT2D eigenvalue weighted by atomic mass is 32.2. The van der Waals surface area contributed by atoms with Crippen molar-refractivity contribution in [3.05, 3.63) is 63.7 Å². The zero-order chi connectivity index (χ0) is 17.3. The molecule has 0 saturated heterocycles. The number of amides is 1. The molecular weight excluding hydrogens is 342 g/mol. The molecule has 0 bridgehead atoms. The molecule has 4 nitrogen and oxygen atoms in total. The summed E-state index contributed by atoms with van der Waals surface area (Å²) in [6.45, 7) is 4.21. The summed E-state index contributed by atoms with van der Waals surface area (Å²) in [5.74, 6) is 0.150. The average molecular weight is 361 g/mol. The molecule has 2 heterocycles. The fourth-order valence-corrected chi connectivity index (χ4v) is 4.65. The van der Waals surface area contributed by atoms with Gasteiger partial charge in [-0.25, -0.2) is 8.42 Å². The SMILES string of the molecule is CC(C)c1ccc(N(C(=O)c2cccs2)[C@H]2C=CS(=O)(=O)C2)cc1. The number of carbonyl (C=O) groups excluding carboxylic acids is 1. The highest BCUT2D eigenvalue weighted by Crippen LogP contribution is 2.27. The van der Waals surface area contributed by atoms with E-state index in [1.165, 1.54) is 22.3 Å². The number of carbonyl (C=O) groups is 1. The van der Waals surface area contributed by atoms with Gasteiger partial charge in [0.15, 0.2) is 9.84 Å². The molecule has 0 N–H and O–H groups in total. The van der Waals surface area contributed by atoms with E-state index in [0.717, 1.165) is 0 Å². The van der Waals surface area contributed by atoms with Crippen LogP contribution in [0.4, 0.5) is 5.69 Å². The van der Waals surface area contributed by atoms with E-state index in [0.29, 0.717) is 16.5 Å². The molecule has 24 heavy (non-hydrogen) atoms. The Kier molecular flexibility index (Phi) is 4.60. The monoisotopic (exact) mass is 361 g/mol. The van der Waals surface area contributed by atoms with E-state index in [1.54, 1.807) is 17.0 Å². The number of nitrogens with zero attached hydrogens (tertiary/aromatic N) is 1. The number of thiophene rings is 1. The molecule has 126 valence electrons. The lowest BCUT2D eigenvalue weighted by molar-refractivity contribution is 0.0987. The third-order valence-corrected chi connectivity index (χ3v) is 6.27. The van der Waals surface area contributed by atoms with Crippen LogP contribution in [0.1, 0.15) is 35.0 Å². The van der Waals surface area contributed by atoms with E-state index < -0.39 is 15.9 Å². The van der Waals surface area contributed by atoms with Gasteiger partial charge in [-0.15, -0.1) is 11.3 Å². The first-order valence-electron chi connectivity index (χ1n) is 7.75. The first-order chi connectivity index (χ1) is 11.4. The van der Waals surface area contributed by atoms with E-state index >= 15 is 0 Å². The topological polar surface area (TPSA) is 54.5 Å². The first kappa shape index (κ1) is 16.9. The van der Waals surface area contributed by atoms with Crippen LogP contribution in [-0.4, -0.2) is 26.1 Å². The quantitative estimate of drug-likeness (QED) is 0.832. The Bertz CT molecular complexity index is 850. The molecule has 1 aliphatic heterocycles. The maximum Gasteiger partial charge on any atom is 0.268 e. The molecule has 0 spiro atoms. The molecule has 1 aromatic carbocycles. The van der Waals surface area contributed by atoms with E-state index in [4.69, 9.17) is 0 Å². The highest BCUT2D eigenvalue weighted by Gasteiger charge is 2.32. The van der Waals surface area contributed by atoms with Crippen molar-refractivity contribution in [3.8, 4) is 0 Å². The summed E-state index contributed by atoms with van der Waals surface area (Å²) in [5.41, 5.74) is 1.89. The van der Waals surface area contributed by atoms with Gasteiger partial charge in [-0.1, -0.05) is 32.0 Å². The fraction of sp³-hybridized carbons (Fsp3) is 0.278. The number of rotatable bonds is 4. The van der Waals surface area contributed by atoms with Gasteiger partial charge in [-0.05, 0) is 41.1 Å². The van der Waals surface area contributed by atoms with Crippen LogP contribution in [0.2, 0.25) is 0 Å². The Morgan fingerprint density at radius 2 is 1.92 bits per heavy atom. The van der Waals surface area contributed by atoms with Crippen LogP contribution >= 0.6 is 11.3 Å². The zero-order valence-corrected chi connectivity index (χ0v) is 15.2. The Labute approximate surface area is 146 Å². The zero-order valence-electron chi connectivity index (χ0n) is 13.5. The molecule has 1 atom stereocenters. The number of sulfone groups is 1. The van der Waals surface area contributed by atoms with E-state index in [2.05, 4.69) is 13.8 Å². The minimum absolute atomic E-state index is 0.0734. The smallest absolute Gasteiger partial charge is 0.268 e. The first-order valence-corrected chi connectivity index (χ1v) is 10.3. The van der Waals surface area contributed by atoms with Crippen LogP contribution in [0.15, 0.2) is 53.3 Å². The fourth-order valence-electron chi connectivity index (χ4n) is 2.72. The molecule has 0 fully saturated rings. The molecule has 1 amide bonds. The van der Waals surface area contributed by atoms with E-state index in [-0.39, 0.29) is 11.7 Å². The minimum atomic E-state index is -3.24. The van der Waals surface area contributed by atoms with Crippen molar-refractivity contribution >= 4 is 32.8 Å². The number of hydrogen-bond acceptors (Lipinski definition) is 4. The highest BCUT2D eigenvalue weighted by molar-refractivity contribution is 7.94. The summed E-state index contributed by atoms with van der Waals surface area (Å²) in [6.07, 6.45) is 1.59. The molecule has 1 aromatic heterocycles. The second kappa shape index (κ2) is 6.53. The van der Waals surface area contributed by atoms with Crippen LogP contribution in [0.3, 0.4) is 0 Å². The van der Waals surface area contributed by atoms with Gasteiger partial charge in [0.1, 0.15) is 0 Å². The van der Waals surface area contributed by atoms with Gasteiger partial charge < -0.3 is 0 Å². The lowest BCUT2D eigenvalue weighted by atomic mass is 10.0. The number of benzene rings is 1. The molecule has 0 aliphatic carbocycles. The van der Waals surface area contributed by atoms with Crippen molar-refractivity contribution in [3.63, 3.8) is 0 Å². The minimum Gasteiger partial charge on any atom is -0.300 e. The normalized spacial score (nSPS) is 18.9. The van der Waals surface area contributed by atoms with Gasteiger partial charge >= 0.3 is 0 Å². The van der Waals surface area contributed by atoms with Crippen molar-refractivity contribution in [2.75, 3.05) is 10.7 Å². The standard InChI is InChI=1S/C18H19NO3S2/c1-13(2)14-5-7-15(8-6-14)19(16-9-11-24(21,22)12-16)18(20)17-4-3-10-23-17/h3-11,13,16H,12H2,1-2H3/t16-/m0/s1. The third-order valence-electron chi connectivity index (χ3n) is 4.03. The lowest BCUT2D eigenvalue weighted by Gasteiger charge is -2.27. The van der Waals surface area contributed by atoms with Crippen molar-refractivity contribution in [2.24, 2.45) is 0 Å². The van der Waals surface area contributed by atoms with Gasteiger partial charge in [0.05, 0.1) is 16.7 Å². The summed E-state index contributed by atoms with van der Waals surface area (Å²) in [7, 11) is -3.24. The summed E-state index contributed by atoms with van der Waals surface area (Å²) in [6, 6.07) is 10.9. The second-order valence-corrected chi connectivity index (χ2v) is 9.00. The van der Waals surface area contributed by atoms with Crippen molar-refractivity contribution in [2.45, 2.75) is 25.8 Å². The van der Waals surface area contributed by atoms with Gasteiger partial charge in [0.25, 0.3) is 5.91 Å². The van der Waals surface area contributed by atoms with Crippen molar-refractivity contribution in [1.82, 2.24) is 0 Å². The van der Waals surface area contributed by atoms with Gasteiger partial charge in [-0.3, -0.25) is 9.69 Å². The Hall–Kier alpha value is -1.92. The van der Waals surface area contributed by atoms with Gasteiger partial charge in [-0.2, -0.15) is 0 Å². The van der Waals surface area contributed by atoms with Crippen molar-refractivity contribution < 1.29 is 13.2 Å². The molecular formula is C18H19NO3S2. The van der Waals surface area contributed by atoms with Crippen LogP contribution in [-0.2, 0) is 9.84 Å². The summed E-state index contributed by atoms with van der Waals surface area (Å²) < 4.78 is 23.6. The summed E-state index contributed by atoms with van der Waals surface area (Å²) >= 11 is 1.36. The molecule has 0 radical (unpaired) electrons. The predicted molar refractivity (Wildman–Crippen MR) is 98.4 cm³/mol. The van der Waals surface area contributed by atoms with Gasteiger partial charge in [0.2, 0.25) is 0 Å². The average Bonchev–Trinajstić information content (AvgIpc) is 3.18. The van der Waals surface area contributed by atoms with Crippen LogP contribution in [0, 0.1) is 0 Å². The van der Waals surface area contributed by atoms with Crippen LogP contribution in [0.25, 0.3) is 0 Å². The maximum atomic E-state index is 12.9. The lowest BCUT2D eigenvalue weighted by Crippen LogP contribution is -2.41. The van der Waals surface area contributed by atoms with Crippen LogP contribution in [0.5, 0.6) is 0 Å². The largest absolute Gasteiger partial charge is 0.300 e. The van der Waals surface area contributed by atoms with E-state index in [9.17, 15) is 13.2 Å². The summed E-state index contributed by atoms with van der Waals surface area (Å²) in [4.78, 5) is 15.1. The number of hydrogen-bond donors (Lipinski definition) is 0. The molecule has 6 heteroatoms. The van der Waals surface area contributed by atoms with Crippen LogP contribution < -0.4 is 4.90 Å². The number of anilines is 1. The van der Waals surface area contributed by atoms with E-state index in [1.807, 2.05) is 35.7 Å².